The van der Waals surface area contributed by atoms with Crippen LogP contribution in [0.15, 0.2) is 42.7 Å². The topological polar surface area (TPSA) is 45.1 Å². The first kappa shape index (κ1) is 12.9. The predicted molar refractivity (Wildman–Crippen MR) is 72.6 cm³/mol. The van der Waals surface area contributed by atoms with Crippen LogP contribution in [0, 0.1) is 0 Å². The number of phenols is 1. The molecule has 1 atom stereocenters. The van der Waals surface area contributed by atoms with Crippen molar-refractivity contribution in [3.05, 3.63) is 58.9 Å². The Kier molecular flexibility index (Phi) is 4.18. The van der Waals surface area contributed by atoms with Gasteiger partial charge in [-0.15, -0.1) is 0 Å². The van der Waals surface area contributed by atoms with Gasteiger partial charge in [-0.3, -0.25) is 4.98 Å². The van der Waals surface area contributed by atoms with Crippen LogP contribution in [0.5, 0.6) is 5.75 Å². The van der Waals surface area contributed by atoms with Gasteiger partial charge < -0.3 is 10.4 Å². The standard InChI is InChI=1S/C14H15ClN2O/c1-10(11-5-7-16-8-6-11)17-9-12-13(15)3-2-4-14(12)18/h2-8,10,17-18H,9H2,1H3/t10-/m1/s1. The quantitative estimate of drug-likeness (QED) is 0.889. The van der Waals surface area contributed by atoms with Gasteiger partial charge in [0.1, 0.15) is 5.75 Å². The monoisotopic (exact) mass is 262 g/mol. The first-order valence-electron chi connectivity index (χ1n) is 5.78. The van der Waals surface area contributed by atoms with Gasteiger partial charge in [-0.05, 0) is 36.8 Å². The molecule has 0 aliphatic rings. The van der Waals surface area contributed by atoms with E-state index < -0.39 is 0 Å². The summed E-state index contributed by atoms with van der Waals surface area (Å²) in [5.74, 6) is 0.219. The van der Waals surface area contributed by atoms with Crippen LogP contribution >= 0.6 is 11.6 Å². The second-order valence-corrected chi connectivity index (χ2v) is 4.53. The number of halogens is 1. The Balaban J connectivity index is 2.04. The fourth-order valence-electron chi connectivity index (χ4n) is 1.75. The highest BCUT2D eigenvalue weighted by Crippen LogP contribution is 2.25. The summed E-state index contributed by atoms with van der Waals surface area (Å²) in [5.41, 5.74) is 1.87. The number of hydrogen-bond acceptors (Lipinski definition) is 3. The lowest BCUT2D eigenvalue weighted by Gasteiger charge is -2.15. The molecule has 0 fully saturated rings. The molecule has 0 spiro atoms. The van der Waals surface area contributed by atoms with E-state index in [1.165, 1.54) is 0 Å². The Morgan fingerprint density at radius 3 is 2.67 bits per heavy atom. The molecule has 0 radical (unpaired) electrons. The molecule has 1 aromatic heterocycles. The molecule has 0 amide bonds. The van der Waals surface area contributed by atoms with E-state index in [0.717, 1.165) is 11.1 Å². The lowest BCUT2D eigenvalue weighted by molar-refractivity contribution is 0.460. The number of pyridine rings is 1. The van der Waals surface area contributed by atoms with Crippen LogP contribution in [-0.4, -0.2) is 10.1 Å². The highest BCUT2D eigenvalue weighted by atomic mass is 35.5. The number of phenolic OH excluding ortho intramolecular Hbond substituents is 1. The van der Waals surface area contributed by atoms with Gasteiger partial charge in [0.2, 0.25) is 0 Å². The lowest BCUT2D eigenvalue weighted by atomic mass is 10.1. The van der Waals surface area contributed by atoms with Crippen LogP contribution in [0.25, 0.3) is 0 Å². The Morgan fingerprint density at radius 2 is 2.00 bits per heavy atom. The van der Waals surface area contributed by atoms with Crippen LogP contribution < -0.4 is 5.32 Å². The fourth-order valence-corrected chi connectivity index (χ4v) is 1.98. The molecule has 94 valence electrons. The molecular weight excluding hydrogens is 248 g/mol. The third kappa shape index (κ3) is 3.00. The van der Waals surface area contributed by atoms with Gasteiger partial charge in [0.05, 0.1) is 0 Å². The van der Waals surface area contributed by atoms with Crippen LogP contribution in [0.3, 0.4) is 0 Å². The second kappa shape index (κ2) is 5.85. The van der Waals surface area contributed by atoms with E-state index in [9.17, 15) is 5.11 Å². The molecule has 2 rings (SSSR count). The minimum atomic E-state index is 0.170. The van der Waals surface area contributed by atoms with Gasteiger partial charge in [0, 0.05) is 35.6 Å². The van der Waals surface area contributed by atoms with E-state index in [0.29, 0.717) is 11.6 Å². The minimum absolute atomic E-state index is 0.170. The number of nitrogens with zero attached hydrogens (tertiary/aromatic N) is 1. The maximum Gasteiger partial charge on any atom is 0.121 e. The summed E-state index contributed by atoms with van der Waals surface area (Å²) in [6.45, 7) is 2.58. The summed E-state index contributed by atoms with van der Waals surface area (Å²) >= 11 is 6.05. The SMILES string of the molecule is C[C@@H](NCc1c(O)cccc1Cl)c1ccncc1. The number of rotatable bonds is 4. The molecule has 0 saturated carbocycles. The van der Waals surface area contributed by atoms with Crippen molar-refractivity contribution in [1.82, 2.24) is 10.3 Å². The molecule has 2 aromatic rings. The summed E-state index contributed by atoms with van der Waals surface area (Å²) in [6, 6.07) is 9.24. The predicted octanol–water partition coefficient (Wildman–Crippen LogP) is 3.29. The van der Waals surface area contributed by atoms with Crippen LogP contribution in [0.1, 0.15) is 24.1 Å². The zero-order valence-corrected chi connectivity index (χ0v) is 10.9. The number of aromatic nitrogens is 1. The van der Waals surface area contributed by atoms with Gasteiger partial charge in [-0.25, -0.2) is 0 Å². The largest absolute Gasteiger partial charge is 0.508 e. The summed E-state index contributed by atoms with van der Waals surface area (Å²) in [6.07, 6.45) is 3.53. The van der Waals surface area contributed by atoms with Crippen molar-refractivity contribution in [2.75, 3.05) is 0 Å². The zero-order valence-electron chi connectivity index (χ0n) is 10.1. The van der Waals surface area contributed by atoms with Crippen molar-refractivity contribution in [3.63, 3.8) is 0 Å². The summed E-state index contributed by atoms with van der Waals surface area (Å²) in [4.78, 5) is 3.99. The van der Waals surface area contributed by atoms with E-state index in [-0.39, 0.29) is 11.8 Å². The third-order valence-electron chi connectivity index (χ3n) is 2.89. The highest BCUT2D eigenvalue weighted by molar-refractivity contribution is 6.31. The lowest BCUT2D eigenvalue weighted by Crippen LogP contribution is -2.18. The molecule has 2 N–H and O–H groups in total. The second-order valence-electron chi connectivity index (χ2n) is 4.12. The van der Waals surface area contributed by atoms with Gasteiger partial charge in [0.25, 0.3) is 0 Å². The number of nitrogens with one attached hydrogen (secondary N) is 1. The van der Waals surface area contributed by atoms with E-state index in [4.69, 9.17) is 11.6 Å². The maximum absolute atomic E-state index is 9.74. The molecule has 18 heavy (non-hydrogen) atoms. The summed E-state index contributed by atoms with van der Waals surface area (Å²) < 4.78 is 0. The molecule has 0 bridgehead atoms. The normalized spacial score (nSPS) is 12.3. The molecule has 0 unspecified atom stereocenters. The number of hydrogen-bond donors (Lipinski definition) is 2. The Morgan fingerprint density at radius 1 is 1.28 bits per heavy atom. The third-order valence-corrected chi connectivity index (χ3v) is 3.24. The van der Waals surface area contributed by atoms with Crippen molar-refractivity contribution in [2.45, 2.75) is 19.5 Å². The average Bonchev–Trinajstić information content (AvgIpc) is 2.39. The first-order chi connectivity index (χ1) is 8.68. The maximum atomic E-state index is 9.74. The molecule has 3 nitrogen and oxygen atoms in total. The highest BCUT2D eigenvalue weighted by Gasteiger charge is 2.09. The van der Waals surface area contributed by atoms with Gasteiger partial charge in [-0.2, -0.15) is 0 Å². The Labute approximate surface area is 111 Å². The van der Waals surface area contributed by atoms with Crippen molar-refractivity contribution >= 4 is 11.6 Å². The van der Waals surface area contributed by atoms with Crippen LogP contribution in [0.2, 0.25) is 5.02 Å². The molecular formula is C14H15ClN2O. The van der Waals surface area contributed by atoms with Crippen molar-refractivity contribution in [1.29, 1.82) is 0 Å². The summed E-state index contributed by atoms with van der Waals surface area (Å²) in [7, 11) is 0. The van der Waals surface area contributed by atoms with E-state index >= 15 is 0 Å². The molecule has 1 heterocycles. The number of benzene rings is 1. The van der Waals surface area contributed by atoms with Crippen LogP contribution in [-0.2, 0) is 6.54 Å². The molecule has 0 saturated heterocycles. The smallest absolute Gasteiger partial charge is 0.121 e. The van der Waals surface area contributed by atoms with Crippen molar-refractivity contribution in [3.8, 4) is 5.75 Å². The summed E-state index contributed by atoms with van der Waals surface area (Å²) in [5, 5.41) is 13.6. The Bertz CT molecular complexity index is 496. The molecule has 1 aromatic carbocycles. The van der Waals surface area contributed by atoms with Crippen molar-refractivity contribution in [2.24, 2.45) is 0 Å². The van der Waals surface area contributed by atoms with E-state index in [1.54, 1.807) is 30.6 Å². The van der Waals surface area contributed by atoms with E-state index in [1.807, 2.05) is 12.1 Å². The minimum Gasteiger partial charge on any atom is -0.508 e. The Hall–Kier alpha value is -1.58. The van der Waals surface area contributed by atoms with E-state index in [2.05, 4.69) is 17.2 Å². The van der Waals surface area contributed by atoms with Crippen LogP contribution in [0.4, 0.5) is 0 Å². The van der Waals surface area contributed by atoms with Gasteiger partial charge in [0.15, 0.2) is 0 Å². The zero-order chi connectivity index (χ0) is 13.0. The fraction of sp³-hybridized carbons (Fsp3) is 0.214. The van der Waals surface area contributed by atoms with Crippen molar-refractivity contribution < 1.29 is 5.11 Å². The van der Waals surface area contributed by atoms with Gasteiger partial charge in [-0.1, -0.05) is 17.7 Å². The number of aromatic hydroxyl groups is 1. The molecule has 0 aliphatic heterocycles. The molecule has 4 heteroatoms. The van der Waals surface area contributed by atoms with Gasteiger partial charge >= 0.3 is 0 Å². The first-order valence-corrected chi connectivity index (χ1v) is 6.16. The average molecular weight is 263 g/mol. The molecule has 0 aliphatic carbocycles.